The van der Waals surface area contributed by atoms with Crippen LogP contribution in [0.5, 0.6) is 0 Å². The lowest BCUT2D eigenvalue weighted by molar-refractivity contribution is 0.213. The van der Waals surface area contributed by atoms with Crippen molar-refractivity contribution in [2.45, 2.75) is 45.7 Å². The Labute approximate surface area is 89.9 Å². The van der Waals surface area contributed by atoms with Gasteiger partial charge in [0, 0.05) is 19.1 Å². The van der Waals surface area contributed by atoms with E-state index in [1.165, 1.54) is 0 Å². The summed E-state index contributed by atoms with van der Waals surface area (Å²) in [5, 5.41) is 16.1. The summed E-state index contributed by atoms with van der Waals surface area (Å²) in [5.74, 6) is 1.23. The van der Waals surface area contributed by atoms with Gasteiger partial charge in [0.05, 0.1) is 6.54 Å². The maximum Gasteiger partial charge on any atom is 0.223 e. The molecular formula is C10H19N3O2. The zero-order chi connectivity index (χ0) is 11.3. The molecule has 0 aliphatic rings. The molecule has 1 heterocycles. The van der Waals surface area contributed by atoms with E-state index in [0.717, 1.165) is 12.8 Å². The number of hydrogen-bond donors (Lipinski definition) is 2. The van der Waals surface area contributed by atoms with Gasteiger partial charge in [-0.05, 0) is 19.8 Å². The fourth-order valence-corrected chi connectivity index (χ4v) is 1.34. The Morgan fingerprint density at radius 3 is 2.73 bits per heavy atom. The lowest BCUT2D eigenvalue weighted by atomic mass is 9.95. The Morgan fingerprint density at radius 2 is 2.27 bits per heavy atom. The van der Waals surface area contributed by atoms with Gasteiger partial charge in [-0.25, -0.2) is 0 Å². The Kier molecular flexibility index (Phi) is 4.23. The second-order valence-electron chi connectivity index (χ2n) is 3.97. The van der Waals surface area contributed by atoms with E-state index in [9.17, 15) is 0 Å². The molecule has 0 saturated heterocycles. The third-order valence-electron chi connectivity index (χ3n) is 2.69. The van der Waals surface area contributed by atoms with Crippen LogP contribution in [0.1, 0.15) is 38.4 Å². The van der Waals surface area contributed by atoms with Crippen molar-refractivity contribution in [3.63, 3.8) is 0 Å². The van der Waals surface area contributed by atoms with Gasteiger partial charge in [0.25, 0.3) is 0 Å². The van der Waals surface area contributed by atoms with E-state index in [0.29, 0.717) is 18.3 Å². The molecule has 1 aromatic heterocycles. The van der Waals surface area contributed by atoms with Crippen molar-refractivity contribution < 1.29 is 9.63 Å². The highest BCUT2D eigenvalue weighted by molar-refractivity contribution is 4.88. The predicted molar refractivity (Wildman–Crippen MR) is 56.3 cm³/mol. The van der Waals surface area contributed by atoms with E-state index in [1.807, 2.05) is 0 Å². The normalized spacial score (nSPS) is 15.2. The molecule has 0 radical (unpaired) electrons. The molecule has 0 aromatic carbocycles. The highest BCUT2D eigenvalue weighted by atomic mass is 16.5. The van der Waals surface area contributed by atoms with Crippen molar-refractivity contribution in [1.82, 2.24) is 15.5 Å². The van der Waals surface area contributed by atoms with Gasteiger partial charge in [-0.15, -0.1) is 0 Å². The summed E-state index contributed by atoms with van der Waals surface area (Å²) in [6, 6.07) is 0. The molecule has 15 heavy (non-hydrogen) atoms. The number of hydrogen-bond acceptors (Lipinski definition) is 5. The van der Waals surface area contributed by atoms with Crippen LogP contribution in [-0.4, -0.2) is 27.4 Å². The summed E-state index contributed by atoms with van der Waals surface area (Å²) in [5.41, 5.74) is -0.0662. The third kappa shape index (κ3) is 3.60. The third-order valence-corrected chi connectivity index (χ3v) is 2.69. The first-order valence-electron chi connectivity index (χ1n) is 5.25. The van der Waals surface area contributed by atoms with Crippen molar-refractivity contribution in [3.8, 4) is 0 Å². The van der Waals surface area contributed by atoms with Crippen molar-refractivity contribution in [3.05, 3.63) is 11.7 Å². The van der Waals surface area contributed by atoms with Gasteiger partial charge in [-0.2, -0.15) is 4.98 Å². The van der Waals surface area contributed by atoms with E-state index in [4.69, 9.17) is 9.63 Å². The molecule has 1 atom stereocenters. The van der Waals surface area contributed by atoms with E-state index < -0.39 is 0 Å². The zero-order valence-corrected chi connectivity index (χ0v) is 9.58. The maximum atomic E-state index is 8.94. The fraction of sp³-hybridized carbons (Fsp3) is 0.800. The van der Waals surface area contributed by atoms with Crippen molar-refractivity contribution >= 4 is 0 Å². The monoisotopic (exact) mass is 213 g/mol. The van der Waals surface area contributed by atoms with Crippen LogP contribution < -0.4 is 5.32 Å². The van der Waals surface area contributed by atoms with Crippen LogP contribution in [0, 0.1) is 6.92 Å². The average Bonchev–Trinajstić information content (AvgIpc) is 2.62. The quantitative estimate of drug-likeness (QED) is 0.738. The number of aliphatic hydroxyl groups excluding tert-OH is 1. The number of nitrogens with one attached hydrogen (secondary N) is 1. The van der Waals surface area contributed by atoms with Gasteiger partial charge in [-0.1, -0.05) is 12.1 Å². The van der Waals surface area contributed by atoms with Gasteiger partial charge in [0.2, 0.25) is 5.89 Å². The molecule has 5 heteroatoms. The molecule has 0 spiro atoms. The summed E-state index contributed by atoms with van der Waals surface area (Å²) in [4.78, 5) is 4.11. The number of aryl methyl sites for hydroxylation is 1. The van der Waals surface area contributed by atoms with E-state index >= 15 is 0 Å². The molecule has 86 valence electrons. The zero-order valence-electron chi connectivity index (χ0n) is 9.58. The van der Waals surface area contributed by atoms with Gasteiger partial charge >= 0.3 is 0 Å². The predicted octanol–water partition coefficient (Wildman–Crippen LogP) is 1.02. The second kappa shape index (κ2) is 5.23. The second-order valence-corrected chi connectivity index (χ2v) is 3.97. The first-order valence-corrected chi connectivity index (χ1v) is 5.25. The van der Waals surface area contributed by atoms with Crippen LogP contribution in [0.25, 0.3) is 0 Å². The maximum absolute atomic E-state index is 8.94. The first-order chi connectivity index (χ1) is 7.09. The van der Waals surface area contributed by atoms with Crippen molar-refractivity contribution in [1.29, 1.82) is 0 Å². The molecular weight excluding hydrogens is 194 g/mol. The Balaban J connectivity index is 2.47. The summed E-state index contributed by atoms with van der Waals surface area (Å²) in [6.07, 6.45) is 1.67. The summed E-state index contributed by atoms with van der Waals surface area (Å²) < 4.78 is 4.87. The lowest BCUT2D eigenvalue weighted by Gasteiger charge is -2.28. The number of aliphatic hydroxyl groups is 1. The van der Waals surface area contributed by atoms with Gasteiger partial charge < -0.3 is 14.9 Å². The standard InChI is InChI=1S/C10H19N3O2/c1-4-10(3,5-6-14)11-7-9-12-8(2)15-13-9/h11,14H,4-7H2,1-3H3. The molecule has 0 aliphatic heterocycles. The summed E-state index contributed by atoms with van der Waals surface area (Å²) in [7, 11) is 0. The molecule has 5 nitrogen and oxygen atoms in total. The Hall–Kier alpha value is -0.940. The molecule has 0 saturated carbocycles. The van der Waals surface area contributed by atoms with E-state index in [1.54, 1.807) is 6.92 Å². The molecule has 0 fully saturated rings. The summed E-state index contributed by atoms with van der Waals surface area (Å²) >= 11 is 0. The molecule has 0 bridgehead atoms. The van der Waals surface area contributed by atoms with Crippen LogP contribution in [0.15, 0.2) is 4.52 Å². The largest absolute Gasteiger partial charge is 0.396 e. The molecule has 0 amide bonds. The van der Waals surface area contributed by atoms with Crippen LogP contribution in [0.4, 0.5) is 0 Å². The Bertz CT molecular complexity index is 301. The SMILES string of the molecule is CCC(C)(CCO)NCc1noc(C)n1. The number of nitrogens with zero attached hydrogens (tertiary/aromatic N) is 2. The number of rotatable bonds is 6. The molecule has 2 N–H and O–H groups in total. The minimum Gasteiger partial charge on any atom is -0.396 e. The highest BCUT2D eigenvalue weighted by Crippen LogP contribution is 2.14. The molecule has 1 rings (SSSR count). The molecule has 0 aliphatic carbocycles. The van der Waals surface area contributed by atoms with Crippen LogP contribution in [0.3, 0.4) is 0 Å². The highest BCUT2D eigenvalue weighted by Gasteiger charge is 2.21. The smallest absolute Gasteiger partial charge is 0.223 e. The van der Waals surface area contributed by atoms with Crippen molar-refractivity contribution in [2.75, 3.05) is 6.61 Å². The first kappa shape index (κ1) is 12.1. The van der Waals surface area contributed by atoms with Crippen molar-refractivity contribution in [2.24, 2.45) is 0 Å². The fourth-order valence-electron chi connectivity index (χ4n) is 1.34. The minimum atomic E-state index is -0.0662. The Morgan fingerprint density at radius 1 is 1.53 bits per heavy atom. The van der Waals surface area contributed by atoms with E-state index in [-0.39, 0.29) is 12.1 Å². The average molecular weight is 213 g/mol. The van der Waals surface area contributed by atoms with Gasteiger partial charge in [0.1, 0.15) is 0 Å². The van der Waals surface area contributed by atoms with Gasteiger partial charge in [0.15, 0.2) is 5.82 Å². The lowest BCUT2D eigenvalue weighted by Crippen LogP contribution is -2.42. The molecule has 1 unspecified atom stereocenters. The summed E-state index contributed by atoms with van der Waals surface area (Å²) in [6.45, 7) is 6.69. The number of aromatic nitrogens is 2. The molecule has 1 aromatic rings. The van der Waals surface area contributed by atoms with Crippen LogP contribution >= 0.6 is 0 Å². The minimum absolute atomic E-state index is 0.0662. The van der Waals surface area contributed by atoms with Crippen LogP contribution in [-0.2, 0) is 6.54 Å². The van der Waals surface area contributed by atoms with Gasteiger partial charge in [-0.3, -0.25) is 0 Å². The topological polar surface area (TPSA) is 71.2 Å². The van der Waals surface area contributed by atoms with Crippen LogP contribution in [0.2, 0.25) is 0 Å². The van der Waals surface area contributed by atoms with E-state index in [2.05, 4.69) is 29.3 Å².